The predicted octanol–water partition coefficient (Wildman–Crippen LogP) is 6.24. The maximum absolute atomic E-state index is 10.7. The summed E-state index contributed by atoms with van der Waals surface area (Å²) >= 11 is 12.6. The Morgan fingerprint density at radius 2 is 1.66 bits per heavy atom. The number of nitro groups is 1. The Morgan fingerprint density at radius 1 is 1.03 bits per heavy atom. The number of nitro benzene ring substituents is 1. The smallest absolute Gasteiger partial charge is 0.269 e. The summed E-state index contributed by atoms with van der Waals surface area (Å²) in [6, 6.07) is 16.8. The van der Waals surface area contributed by atoms with Crippen molar-refractivity contribution in [3.63, 3.8) is 0 Å². The third-order valence-electron chi connectivity index (χ3n) is 3.99. The lowest BCUT2D eigenvalue weighted by Crippen LogP contribution is -1.98. The van der Waals surface area contributed by atoms with Crippen LogP contribution in [0, 0.1) is 10.1 Å². The molecular formula is C21H16Cl2N2O4. The number of halogens is 2. The first-order valence-corrected chi connectivity index (χ1v) is 9.25. The fraction of sp³-hybridized carbons (Fsp3) is 0.0952. The van der Waals surface area contributed by atoms with Crippen LogP contribution in [-0.2, 0) is 6.61 Å². The van der Waals surface area contributed by atoms with E-state index < -0.39 is 4.92 Å². The van der Waals surface area contributed by atoms with Crippen molar-refractivity contribution in [3.05, 3.63) is 92.0 Å². The summed E-state index contributed by atoms with van der Waals surface area (Å²) in [4.78, 5) is 14.6. The molecule has 148 valence electrons. The molecule has 0 spiro atoms. The largest absolute Gasteiger partial charge is 0.497 e. The fourth-order valence-corrected chi connectivity index (χ4v) is 3.09. The van der Waals surface area contributed by atoms with E-state index in [0.29, 0.717) is 15.8 Å². The lowest BCUT2D eigenvalue weighted by Gasteiger charge is -2.11. The molecule has 0 saturated carbocycles. The molecule has 0 radical (unpaired) electrons. The predicted molar refractivity (Wildman–Crippen MR) is 114 cm³/mol. The van der Waals surface area contributed by atoms with E-state index >= 15 is 0 Å². The van der Waals surface area contributed by atoms with Crippen LogP contribution in [0.5, 0.6) is 11.5 Å². The van der Waals surface area contributed by atoms with Gasteiger partial charge in [0.05, 0.1) is 27.8 Å². The number of hydrogen-bond acceptors (Lipinski definition) is 5. The summed E-state index contributed by atoms with van der Waals surface area (Å²) in [5.74, 6) is 1.10. The molecule has 0 atom stereocenters. The Morgan fingerprint density at radius 3 is 2.21 bits per heavy atom. The second-order valence-electron chi connectivity index (χ2n) is 5.98. The molecule has 0 aliphatic rings. The zero-order valence-electron chi connectivity index (χ0n) is 15.3. The van der Waals surface area contributed by atoms with Crippen molar-refractivity contribution in [3.8, 4) is 11.5 Å². The Kier molecular flexibility index (Phi) is 6.69. The molecule has 0 N–H and O–H groups in total. The third kappa shape index (κ3) is 5.47. The van der Waals surface area contributed by atoms with Gasteiger partial charge in [0.25, 0.3) is 5.69 Å². The quantitative estimate of drug-likeness (QED) is 0.252. The average Bonchev–Trinajstić information content (AvgIpc) is 2.72. The van der Waals surface area contributed by atoms with Crippen LogP contribution in [0.4, 0.5) is 11.4 Å². The van der Waals surface area contributed by atoms with Crippen molar-refractivity contribution in [2.45, 2.75) is 6.61 Å². The first-order valence-electron chi connectivity index (χ1n) is 8.49. The molecule has 0 aliphatic heterocycles. The first kappa shape index (κ1) is 20.6. The standard InChI is InChI=1S/C21H16Cl2N2O4/c1-28-18-8-4-16(5-9-18)24-12-15-10-19(22)21(20(23)11-15)29-13-14-2-6-17(7-3-14)25(26)27/h2-12H,13H2,1H3. The van der Waals surface area contributed by atoms with Crippen molar-refractivity contribution >= 4 is 40.8 Å². The summed E-state index contributed by atoms with van der Waals surface area (Å²) in [6.07, 6.45) is 1.65. The summed E-state index contributed by atoms with van der Waals surface area (Å²) in [6.45, 7) is 0.177. The second kappa shape index (κ2) is 9.41. The van der Waals surface area contributed by atoms with Crippen molar-refractivity contribution in [2.75, 3.05) is 7.11 Å². The highest BCUT2D eigenvalue weighted by Gasteiger charge is 2.10. The number of non-ortho nitro benzene ring substituents is 1. The normalized spacial score (nSPS) is 10.9. The van der Waals surface area contributed by atoms with Crippen LogP contribution in [0.2, 0.25) is 10.0 Å². The molecule has 6 nitrogen and oxygen atoms in total. The van der Waals surface area contributed by atoms with Crippen LogP contribution in [-0.4, -0.2) is 18.2 Å². The number of benzene rings is 3. The number of aliphatic imine (C=N–C) groups is 1. The van der Waals surface area contributed by atoms with Gasteiger partial charge >= 0.3 is 0 Å². The molecule has 29 heavy (non-hydrogen) atoms. The second-order valence-corrected chi connectivity index (χ2v) is 6.80. The minimum atomic E-state index is -0.454. The van der Waals surface area contributed by atoms with E-state index in [9.17, 15) is 10.1 Å². The van der Waals surface area contributed by atoms with Crippen molar-refractivity contribution < 1.29 is 14.4 Å². The van der Waals surface area contributed by atoms with Crippen LogP contribution in [0.25, 0.3) is 0 Å². The van der Waals surface area contributed by atoms with Gasteiger partial charge in [0.1, 0.15) is 12.4 Å². The van der Waals surface area contributed by atoms with Gasteiger partial charge in [-0.3, -0.25) is 15.1 Å². The Bertz CT molecular complexity index is 1010. The molecule has 3 aromatic rings. The summed E-state index contributed by atoms with van der Waals surface area (Å²) in [5.41, 5.74) is 2.26. The first-order chi connectivity index (χ1) is 14.0. The molecular weight excluding hydrogens is 415 g/mol. The van der Waals surface area contributed by atoms with Gasteiger partial charge in [-0.05, 0) is 59.7 Å². The monoisotopic (exact) mass is 430 g/mol. The topological polar surface area (TPSA) is 74.0 Å². The molecule has 0 saturated heterocycles. The maximum Gasteiger partial charge on any atom is 0.269 e. The molecule has 8 heteroatoms. The number of nitrogens with zero attached hydrogens (tertiary/aromatic N) is 2. The zero-order chi connectivity index (χ0) is 20.8. The molecule has 3 aromatic carbocycles. The van der Waals surface area contributed by atoms with Crippen molar-refractivity contribution in [1.82, 2.24) is 0 Å². The van der Waals surface area contributed by atoms with Crippen molar-refractivity contribution in [1.29, 1.82) is 0 Å². The Labute approximate surface area is 177 Å². The highest BCUT2D eigenvalue weighted by Crippen LogP contribution is 2.34. The highest BCUT2D eigenvalue weighted by atomic mass is 35.5. The fourth-order valence-electron chi connectivity index (χ4n) is 2.48. The van der Waals surface area contributed by atoms with Gasteiger partial charge < -0.3 is 9.47 Å². The summed E-state index contributed by atoms with van der Waals surface area (Å²) in [5, 5.41) is 11.4. The SMILES string of the molecule is COc1ccc(N=Cc2cc(Cl)c(OCc3ccc([N+](=O)[O-])cc3)c(Cl)c2)cc1. The minimum absolute atomic E-state index is 0.0188. The number of ether oxygens (including phenoxy) is 2. The maximum atomic E-state index is 10.7. The highest BCUT2D eigenvalue weighted by molar-refractivity contribution is 6.37. The molecule has 0 heterocycles. The van der Waals surface area contributed by atoms with Gasteiger partial charge in [-0.15, -0.1) is 0 Å². The van der Waals surface area contributed by atoms with E-state index in [2.05, 4.69) is 4.99 Å². The van der Waals surface area contributed by atoms with E-state index in [1.165, 1.54) is 12.1 Å². The van der Waals surface area contributed by atoms with E-state index in [4.69, 9.17) is 32.7 Å². The lowest BCUT2D eigenvalue weighted by atomic mass is 10.2. The molecule has 0 aromatic heterocycles. The van der Waals surface area contributed by atoms with Crippen LogP contribution >= 0.6 is 23.2 Å². The Hall–Kier alpha value is -3.09. The van der Waals surface area contributed by atoms with Crippen LogP contribution in [0.15, 0.2) is 65.7 Å². The van der Waals surface area contributed by atoms with Crippen LogP contribution in [0.1, 0.15) is 11.1 Å². The van der Waals surface area contributed by atoms with Crippen LogP contribution < -0.4 is 9.47 Å². The average molecular weight is 431 g/mol. The van der Waals surface area contributed by atoms with E-state index in [-0.39, 0.29) is 12.3 Å². The van der Waals surface area contributed by atoms with Gasteiger partial charge in [0.2, 0.25) is 0 Å². The summed E-state index contributed by atoms with van der Waals surface area (Å²) in [7, 11) is 1.60. The molecule has 0 unspecified atom stereocenters. The van der Waals surface area contributed by atoms with E-state index in [1.807, 2.05) is 24.3 Å². The Balaban J connectivity index is 1.69. The van der Waals surface area contributed by atoms with Crippen molar-refractivity contribution in [2.24, 2.45) is 4.99 Å². The molecule has 0 bridgehead atoms. The molecule has 0 fully saturated rings. The van der Waals surface area contributed by atoms with Gasteiger partial charge in [-0.2, -0.15) is 0 Å². The number of hydrogen-bond donors (Lipinski definition) is 0. The third-order valence-corrected chi connectivity index (χ3v) is 4.55. The van der Waals surface area contributed by atoms with Crippen LogP contribution in [0.3, 0.4) is 0 Å². The number of methoxy groups -OCH3 is 1. The molecule has 3 rings (SSSR count). The van der Waals surface area contributed by atoms with Gasteiger partial charge in [0.15, 0.2) is 5.75 Å². The van der Waals surface area contributed by atoms with Gasteiger partial charge in [0, 0.05) is 18.3 Å². The molecule has 0 amide bonds. The van der Waals surface area contributed by atoms with E-state index in [0.717, 1.165) is 22.6 Å². The summed E-state index contributed by atoms with van der Waals surface area (Å²) < 4.78 is 10.8. The lowest BCUT2D eigenvalue weighted by molar-refractivity contribution is -0.384. The van der Waals surface area contributed by atoms with Gasteiger partial charge in [-0.1, -0.05) is 23.2 Å². The minimum Gasteiger partial charge on any atom is -0.497 e. The zero-order valence-corrected chi connectivity index (χ0v) is 16.9. The van der Waals surface area contributed by atoms with Gasteiger partial charge in [-0.25, -0.2) is 0 Å². The molecule has 0 aliphatic carbocycles. The van der Waals surface area contributed by atoms with E-state index in [1.54, 1.807) is 37.6 Å². The number of rotatable bonds is 7.